The number of rotatable bonds is 3. The van der Waals surface area contributed by atoms with E-state index in [1.165, 1.54) is 0 Å². The lowest BCUT2D eigenvalue weighted by molar-refractivity contribution is -0.392. The van der Waals surface area contributed by atoms with Crippen LogP contribution in [-0.4, -0.2) is 82.3 Å². The highest BCUT2D eigenvalue weighted by Crippen LogP contribution is 2.36. The maximum Gasteiger partial charge on any atom is 0.287 e. The molecule has 0 radical (unpaired) electrons. The molecule has 5 atom stereocenters. The van der Waals surface area contributed by atoms with Crippen molar-refractivity contribution in [3.8, 4) is 0 Å². The molecule has 13 heteroatoms. The van der Waals surface area contributed by atoms with Gasteiger partial charge < -0.3 is 36.0 Å². The van der Waals surface area contributed by atoms with Gasteiger partial charge >= 0.3 is 0 Å². The number of H-pyrrole nitrogens is 1. The van der Waals surface area contributed by atoms with Crippen LogP contribution in [-0.2, 0) is 10.6 Å². The number of nitrogens with two attached hydrogens (primary N) is 1. The molecular formula is C12H17N5O7S. The van der Waals surface area contributed by atoms with Gasteiger partial charge in [0.1, 0.15) is 18.3 Å². The summed E-state index contributed by atoms with van der Waals surface area (Å²) < 4.78 is 6.14. The molecule has 0 unspecified atom stereocenters. The number of aliphatic hydroxyl groups excluding tert-OH is 4. The number of nitrogens with one attached hydrogen (secondary N) is 1. The summed E-state index contributed by atoms with van der Waals surface area (Å²) in [4.78, 5) is 22.2. The molecular weight excluding hydrogens is 358 g/mol. The van der Waals surface area contributed by atoms with Gasteiger partial charge in [0.15, 0.2) is 22.4 Å². The molecule has 1 fully saturated rings. The molecule has 0 spiro atoms. The van der Waals surface area contributed by atoms with E-state index in [1.54, 1.807) is 6.26 Å². The number of thioether (sulfide) groups is 1. The molecule has 3 heterocycles. The number of hydrogen-bond donors (Lipinski definition) is 7. The highest BCUT2D eigenvalue weighted by molar-refractivity contribution is 7.98. The predicted octanol–water partition coefficient (Wildman–Crippen LogP) is -3.50. The Labute approximate surface area is 143 Å². The first-order valence-electron chi connectivity index (χ1n) is 7.12. The monoisotopic (exact) mass is 375 g/mol. The Morgan fingerprint density at radius 1 is 1.36 bits per heavy atom. The van der Waals surface area contributed by atoms with Gasteiger partial charge in [0.05, 0.1) is 6.61 Å². The molecule has 1 aliphatic heterocycles. The van der Waals surface area contributed by atoms with E-state index in [2.05, 4.69) is 15.0 Å². The topological polar surface area (TPSA) is 200 Å². The fourth-order valence-electron chi connectivity index (χ4n) is 2.71. The summed E-state index contributed by atoms with van der Waals surface area (Å²) in [6, 6.07) is 0. The van der Waals surface area contributed by atoms with E-state index in [0.29, 0.717) is 0 Å². The summed E-state index contributed by atoms with van der Waals surface area (Å²) in [6.07, 6.45) is -5.34. The van der Waals surface area contributed by atoms with Crippen molar-refractivity contribution in [3.63, 3.8) is 0 Å². The van der Waals surface area contributed by atoms with Gasteiger partial charge in [0, 0.05) is 0 Å². The number of anilines is 1. The summed E-state index contributed by atoms with van der Waals surface area (Å²) >= 11 is 1.00. The van der Waals surface area contributed by atoms with Crippen molar-refractivity contribution in [1.29, 1.82) is 0 Å². The second-order valence-corrected chi connectivity index (χ2v) is 6.25. The number of hydrogen-bond acceptors (Lipinski definition) is 11. The quantitative estimate of drug-likeness (QED) is 0.262. The van der Waals surface area contributed by atoms with E-state index < -0.39 is 42.5 Å². The maximum absolute atomic E-state index is 12.0. The van der Waals surface area contributed by atoms with E-state index in [-0.39, 0.29) is 22.3 Å². The van der Waals surface area contributed by atoms with E-state index in [1.807, 2.05) is 0 Å². The van der Waals surface area contributed by atoms with E-state index >= 15 is 0 Å². The van der Waals surface area contributed by atoms with Gasteiger partial charge in [-0.1, -0.05) is 11.8 Å². The third-order valence-electron chi connectivity index (χ3n) is 3.95. The summed E-state index contributed by atoms with van der Waals surface area (Å²) in [6.45, 7) is -0.745. The second-order valence-electron chi connectivity index (χ2n) is 5.48. The highest BCUT2D eigenvalue weighted by atomic mass is 32.2. The maximum atomic E-state index is 12.0. The minimum atomic E-state index is -2.66. The van der Waals surface area contributed by atoms with Gasteiger partial charge in [-0.15, -0.1) is 0 Å². The molecule has 0 amide bonds. The van der Waals surface area contributed by atoms with Crippen molar-refractivity contribution in [2.75, 3.05) is 18.6 Å². The molecule has 25 heavy (non-hydrogen) atoms. The van der Waals surface area contributed by atoms with Crippen LogP contribution in [0.4, 0.5) is 5.95 Å². The van der Waals surface area contributed by atoms with Crippen LogP contribution < -0.4 is 11.3 Å². The summed E-state index contributed by atoms with van der Waals surface area (Å²) in [7, 11) is 0. The number of nitrogen functional groups attached to an aromatic ring is 1. The SMILES string of the molecule is CSc1nc2c(=O)[nH]c(N)nc2n1[C@]1(O)O[C@H](CO)[C@@H](O)[C@H](O)[C@H]1O. The standard InChI is InChI=1S/C12H17N5O7S/c1-25-11-14-4-8(15-10(13)16-9(4)22)17(11)12(23)7(21)6(20)5(19)3(2-18)24-12/h3,5-7,18-21,23H,2H2,1H3,(H3,13,15,16,22)/t3-,5-,6+,7-,12-/m1/s1. The Morgan fingerprint density at radius 3 is 2.64 bits per heavy atom. The van der Waals surface area contributed by atoms with Crippen molar-refractivity contribution in [2.24, 2.45) is 0 Å². The highest BCUT2D eigenvalue weighted by Gasteiger charge is 2.55. The third-order valence-corrected chi connectivity index (χ3v) is 4.59. The van der Waals surface area contributed by atoms with Gasteiger partial charge in [-0.3, -0.25) is 9.78 Å². The van der Waals surface area contributed by atoms with Crippen LogP contribution in [0, 0.1) is 0 Å². The van der Waals surface area contributed by atoms with Crippen LogP contribution in [0.1, 0.15) is 0 Å². The number of imidazole rings is 1. The lowest BCUT2D eigenvalue weighted by atomic mass is 9.96. The number of aromatic amines is 1. The summed E-state index contributed by atoms with van der Waals surface area (Å²) in [5, 5.41) is 50.4. The van der Waals surface area contributed by atoms with E-state index in [0.717, 1.165) is 16.3 Å². The zero-order valence-electron chi connectivity index (χ0n) is 12.9. The molecule has 8 N–H and O–H groups in total. The molecule has 0 aliphatic carbocycles. The fraction of sp³-hybridized carbons (Fsp3) is 0.583. The van der Waals surface area contributed by atoms with Gasteiger partial charge in [0.25, 0.3) is 11.5 Å². The molecule has 138 valence electrons. The Kier molecular flexibility index (Phi) is 4.48. The average Bonchev–Trinajstić information content (AvgIpc) is 2.95. The minimum absolute atomic E-state index is 0.0282. The molecule has 0 bridgehead atoms. The lowest BCUT2D eigenvalue weighted by Crippen LogP contribution is -2.65. The molecule has 2 aromatic rings. The molecule has 0 aromatic carbocycles. The normalized spacial score (nSPS) is 33.0. The molecule has 1 saturated heterocycles. The van der Waals surface area contributed by atoms with Crippen LogP contribution in [0.25, 0.3) is 11.2 Å². The van der Waals surface area contributed by atoms with Gasteiger partial charge in [0.2, 0.25) is 5.95 Å². The molecule has 12 nitrogen and oxygen atoms in total. The van der Waals surface area contributed by atoms with Gasteiger partial charge in [-0.2, -0.15) is 4.98 Å². The minimum Gasteiger partial charge on any atom is -0.394 e. The Hall–Kier alpha value is -1.74. The van der Waals surface area contributed by atoms with E-state index in [4.69, 9.17) is 10.5 Å². The average molecular weight is 375 g/mol. The Bertz CT molecular complexity index is 854. The first kappa shape index (κ1) is 18.1. The number of nitrogens with zero attached hydrogens (tertiary/aromatic N) is 3. The molecule has 1 aliphatic rings. The molecule has 3 rings (SSSR count). The lowest BCUT2D eigenvalue weighted by Gasteiger charge is -2.45. The zero-order valence-corrected chi connectivity index (χ0v) is 13.7. The number of fused-ring (bicyclic) bond motifs is 1. The third kappa shape index (κ3) is 2.60. The van der Waals surface area contributed by atoms with Crippen LogP contribution >= 0.6 is 11.8 Å². The van der Waals surface area contributed by atoms with E-state index in [9.17, 15) is 30.3 Å². The second kappa shape index (κ2) is 6.21. The smallest absolute Gasteiger partial charge is 0.287 e. The number of aromatic nitrogens is 4. The Morgan fingerprint density at radius 2 is 2.04 bits per heavy atom. The zero-order chi connectivity index (χ0) is 18.5. The van der Waals surface area contributed by atoms with Crippen molar-refractivity contribution < 1.29 is 30.3 Å². The van der Waals surface area contributed by atoms with Crippen LogP contribution in [0.3, 0.4) is 0 Å². The van der Waals surface area contributed by atoms with Crippen molar-refractivity contribution >= 4 is 28.9 Å². The summed E-state index contributed by atoms with van der Waals surface area (Å²) in [5.74, 6) is -2.92. The van der Waals surface area contributed by atoms with Crippen molar-refractivity contribution in [3.05, 3.63) is 10.4 Å². The van der Waals surface area contributed by atoms with Crippen molar-refractivity contribution in [1.82, 2.24) is 19.5 Å². The van der Waals surface area contributed by atoms with Crippen molar-refractivity contribution in [2.45, 2.75) is 35.5 Å². The predicted molar refractivity (Wildman–Crippen MR) is 84.5 cm³/mol. The summed E-state index contributed by atoms with van der Waals surface area (Å²) in [5.41, 5.74) is 4.47. The van der Waals surface area contributed by atoms with Crippen LogP contribution in [0.2, 0.25) is 0 Å². The fourth-order valence-corrected chi connectivity index (χ4v) is 3.29. The van der Waals surface area contributed by atoms with Gasteiger partial charge in [-0.05, 0) is 6.26 Å². The number of aliphatic hydroxyl groups is 5. The number of ether oxygens (including phenoxy) is 1. The largest absolute Gasteiger partial charge is 0.394 e. The van der Waals surface area contributed by atoms with Crippen LogP contribution in [0.5, 0.6) is 0 Å². The Balaban J connectivity index is 2.28. The first-order chi connectivity index (χ1) is 11.7. The van der Waals surface area contributed by atoms with Crippen LogP contribution in [0.15, 0.2) is 9.95 Å². The van der Waals surface area contributed by atoms with Gasteiger partial charge in [-0.25, -0.2) is 9.55 Å². The first-order valence-corrected chi connectivity index (χ1v) is 8.35. The molecule has 2 aromatic heterocycles. The molecule has 0 saturated carbocycles.